The van der Waals surface area contributed by atoms with Crippen LogP contribution in [0.25, 0.3) is 0 Å². The largest absolute Gasteiger partial charge is 0.463 e. The van der Waals surface area contributed by atoms with Crippen LogP contribution in [0.5, 0.6) is 0 Å². The summed E-state index contributed by atoms with van der Waals surface area (Å²) in [7, 11) is 0. The summed E-state index contributed by atoms with van der Waals surface area (Å²) in [6.45, 7) is 4.77. The van der Waals surface area contributed by atoms with Crippen LogP contribution < -0.4 is 5.32 Å². The zero-order valence-electron chi connectivity index (χ0n) is 13.5. The average molecular weight is 331 g/mol. The molecule has 4 atom stereocenters. The number of nitrogens with one attached hydrogen (secondary N) is 1. The summed E-state index contributed by atoms with van der Waals surface area (Å²) in [6.07, 6.45) is -2.77. The van der Waals surface area contributed by atoms with Crippen molar-refractivity contribution >= 4 is 23.8 Å². The highest BCUT2D eigenvalue weighted by molar-refractivity contribution is 5.73. The third-order valence-electron chi connectivity index (χ3n) is 3.02. The van der Waals surface area contributed by atoms with Crippen LogP contribution in [0.15, 0.2) is 0 Å². The van der Waals surface area contributed by atoms with Crippen molar-refractivity contribution in [3.8, 4) is 0 Å². The molecule has 0 aliphatic carbocycles. The number of hydrogen-bond donors (Lipinski definition) is 1. The van der Waals surface area contributed by atoms with E-state index in [0.717, 1.165) is 0 Å². The van der Waals surface area contributed by atoms with Crippen molar-refractivity contribution in [3.05, 3.63) is 0 Å². The van der Waals surface area contributed by atoms with Crippen molar-refractivity contribution in [1.29, 1.82) is 0 Å². The van der Waals surface area contributed by atoms with E-state index in [0.29, 0.717) is 0 Å². The maximum absolute atomic E-state index is 11.3. The minimum absolute atomic E-state index is 0.0151. The van der Waals surface area contributed by atoms with E-state index in [2.05, 4.69) is 5.32 Å². The van der Waals surface area contributed by atoms with E-state index in [1.54, 1.807) is 0 Å². The minimum atomic E-state index is -1.01. The molecule has 0 aromatic carbocycles. The number of rotatable bonds is 5. The van der Waals surface area contributed by atoms with E-state index in [-0.39, 0.29) is 19.1 Å². The van der Waals surface area contributed by atoms with Crippen LogP contribution >= 0.6 is 0 Å². The van der Waals surface area contributed by atoms with Crippen molar-refractivity contribution in [3.63, 3.8) is 0 Å². The predicted octanol–water partition coefficient (Wildman–Crippen LogP) is -0.684. The molecule has 1 saturated heterocycles. The van der Waals surface area contributed by atoms with Gasteiger partial charge in [-0.15, -0.1) is 0 Å². The molecule has 1 unspecified atom stereocenters. The molecule has 1 rings (SSSR count). The summed E-state index contributed by atoms with van der Waals surface area (Å²) in [5.74, 6) is -2.10. The molecule has 23 heavy (non-hydrogen) atoms. The van der Waals surface area contributed by atoms with Gasteiger partial charge in [0.15, 0.2) is 12.2 Å². The van der Waals surface area contributed by atoms with E-state index in [9.17, 15) is 19.2 Å². The van der Waals surface area contributed by atoms with Gasteiger partial charge >= 0.3 is 17.9 Å². The summed E-state index contributed by atoms with van der Waals surface area (Å²) >= 11 is 0. The fourth-order valence-electron chi connectivity index (χ4n) is 2.26. The second kappa shape index (κ2) is 8.47. The Labute approximate surface area is 133 Å². The third kappa shape index (κ3) is 6.23. The molecule has 1 amide bonds. The first-order chi connectivity index (χ1) is 10.7. The van der Waals surface area contributed by atoms with Gasteiger partial charge in [0.25, 0.3) is 0 Å². The first-order valence-corrected chi connectivity index (χ1v) is 7.07. The highest BCUT2D eigenvalue weighted by atomic mass is 16.6. The Kier molecular flexibility index (Phi) is 6.95. The fraction of sp³-hybridized carbons (Fsp3) is 0.714. The van der Waals surface area contributed by atoms with Crippen molar-refractivity contribution in [2.75, 3.05) is 13.2 Å². The molecule has 1 fully saturated rings. The lowest BCUT2D eigenvalue weighted by atomic mass is 9.97. The highest BCUT2D eigenvalue weighted by Crippen LogP contribution is 2.23. The summed E-state index contributed by atoms with van der Waals surface area (Å²) < 4.78 is 20.8. The van der Waals surface area contributed by atoms with Gasteiger partial charge in [0, 0.05) is 27.7 Å². The van der Waals surface area contributed by atoms with E-state index in [1.165, 1.54) is 27.7 Å². The van der Waals surface area contributed by atoms with E-state index >= 15 is 0 Å². The Morgan fingerprint density at radius 1 is 0.957 bits per heavy atom. The van der Waals surface area contributed by atoms with Crippen LogP contribution in [-0.2, 0) is 38.1 Å². The lowest BCUT2D eigenvalue weighted by Gasteiger charge is -2.41. The SMILES string of the molecule is CC(=O)N[C@H]1CO[C@H](COC(C)=O)[C@H](OC(C)=O)C1OC(C)=O. The van der Waals surface area contributed by atoms with Crippen LogP contribution in [0.2, 0.25) is 0 Å². The molecule has 1 heterocycles. The van der Waals surface area contributed by atoms with Gasteiger partial charge < -0.3 is 24.3 Å². The van der Waals surface area contributed by atoms with Gasteiger partial charge in [-0.3, -0.25) is 19.2 Å². The van der Waals surface area contributed by atoms with Gasteiger partial charge in [-0.05, 0) is 0 Å². The molecular formula is C14H21NO8. The van der Waals surface area contributed by atoms with Crippen molar-refractivity contribution < 1.29 is 38.1 Å². The summed E-state index contributed by atoms with van der Waals surface area (Å²) in [4.78, 5) is 44.9. The molecule has 0 aromatic heterocycles. The Hall–Kier alpha value is -2.16. The summed E-state index contributed by atoms with van der Waals surface area (Å²) in [5.41, 5.74) is 0. The molecule has 0 spiro atoms. The quantitative estimate of drug-likeness (QED) is 0.520. The van der Waals surface area contributed by atoms with Crippen LogP contribution in [0.3, 0.4) is 0 Å². The Bertz CT molecular complexity index is 477. The molecule has 0 saturated carbocycles. The minimum Gasteiger partial charge on any atom is -0.463 e. The lowest BCUT2D eigenvalue weighted by molar-refractivity contribution is -0.207. The van der Waals surface area contributed by atoms with Crippen molar-refractivity contribution in [1.82, 2.24) is 5.32 Å². The molecule has 0 radical (unpaired) electrons. The first kappa shape index (κ1) is 18.9. The van der Waals surface area contributed by atoms with Crippen LogP contribution in [0.4, 0.5) is 0 Å². The smallest absolute Gasteiger partial charge is 0.303 e. The molecule has 1 aliphatic rings. The van der Waals surface area contributed by atoms with E-state index < -0.39 is 42.3 Å². The Balaban J connectivity index is 2.98. The third-order valence-corrected chi connectivity index (χ3v) is 3.02. The predicted molar refractivity (Wildman–Crippen MR) is 75.1 cm³/mol. The highest BCUT2D eigenvalue weighted by Gasteiger charge is 2.45. The maximum Gasteiger partial charge on any atom is 0.303 e. The second-order valence-electron chi connectivity index (χ2n) is 5.13. The molecule has 1 aliphatic heterocycles. The Morgan fingerprint density at radius 3 is 2.00 bits per heavy atom. The number of carbonyl (C=O) groups excluding carboxylic acids is 4. The number of carbonyl (C=O) groups is 4. The molecule has 0 aromatic rings. The number of esters is 3. The van der Waals surface area contributed by atoms with Gasteiger partial charge in [0.1, 0.15) is 12.7 Å². The zero-order chi connectivity index (χ0) is 17.6. The molecule has 0 bridgehead atoms. The van der Waals surface area contributed by atoms with Crippen LogP contribution in [0.1, 0.15) is 27.7 Å². The standard InChI is InChI=1S/C14H21NO8/c1-7(16)15-11-5-21-12(6-20-8(2)17)14(23-10(4)19)13(11)22-9(3)18/h11-14H,5-6H2,1-4H3,(H,15,16)/t11-,12+,13?,14-/m0/s1. The van der Waals surface area contributed by atoms with Crippen LogP contribution in [-0.4, -0.2) is 61.4 Å². The first-order valence-electron chi connectivity index (χ1n) is 7.07. The molecular weight excluding hydrogens is 310 g/mol. The molecule has 130 valence electrons. The topological polar surface area (TPSA) is 117 Å². The van der Waals surface area contributed by atoms with E-state index in [4.69, 9.17) is 18.9 Å². The maximum atomic E-state index is 11.3. The molecule has 1 N–H and O–H groups in total. The van der Waals surface area contributed by atoms with Gasteiger partial charge in [0.2, 0.25) is 5.91 Å². The monoisotopic (exact) mass is 331 g/mol. The van der Waals surface area contributed by atoms with Crippen LogP contribution in [0, 0.1) is 0 Å². The average Bonchev–Trinajstić information content (AvgIpc) is 2.39. The fourth-order valence-corrected chi connectivity index (χ4v) is 2.26. The zero-order valence-corrected chi connectivity index (χ0v) is 13.5. The second-order valence-corrected chi connectivity index (χ2v) is 5.13. The normalized spacial score (nSPS) is 26.8. The summed E-state index contributed by atoms with van der Waals surface area (Å²) in [5, 5.41) is 2.59. The van der Waals surface area contributed by atoms with E-state index in [1.807, 2.05) is 0 Å². The Morgan fingerprint density at radius 2 is 1.52 bits per heavy atom. The number of ether oxygens (including phenoxy) is 4. The molecule has 9 nitrogen and oxygen atoms in total. The molecule has 9 heteroatoms. The van der Waals surface area contributed by atoms with Crippen molar-refractivity contribution in [2.45, 2.75) is 52.0 Å². The summed E-state index contributed by atoms with van der Waals surface area (Å²) in [6, 6.07) is -0.686. The van der Waals surface area contributed by atoms with Gasteiger partial charge in [-0.25, -0.2) is 0 Å². The number of hydrogen-bond acceptors (Lipinski definition) is 8. The van der Waals surface area contributed by atoms with Gasteiger partial charge in [0.05, 0.1) is 12.6 Å². The number of amides is 1. The van der Waals surface area contributed by atoms with Gasteiger partial charge in [-0.1, -0.05) is 0 Å². The lowest BCUT2D eigenvalue weighted by Crippen LogP contribution is -2.62. The van der Waals surface area contributed by atoms with Gasteiger partial charge in [-0.2, -0.15) is 0 Å². The van der Waals surface area contributed by atoms with Crippen molar-refractivity contribution in [2.24, 2.45) is 0 Å².